The minimum Gasteiger partial charge on any atom is -0.507 e. The summed E-state index contributed by atoms with van der Waals surface area (Å²) >= 11 is 0. The Labute approximate surface area is 111 Å². The zero-order valence-corrected chi connectivity index (χ0v) is 9.95. The number of carboxylic acids is 1. The lowest BCUT2D eigenvalue weighted by atomic mass is 10.1. The van der Waals surface area contributed by atoms with Crippen molar-refractivity contribution in [1.82, 2.24) is 0 Å². The van der Waals surface area contributed by atoms with Gasteiger partial charge in [-0.05, 0) is 24.3 Å². The minimum atomic E-state index is -1.25. The van der Waals surface area contributed by atoms with Crippen molar-refractivity contribution in [3.8, 4) is 11.5 Å². The molecule has 3 aromatic rings. The summed E-state index contributed by atoms with van der Waals surface area (Å²) in [5, 5.41) is 28.2. The molecule has 0 aliphatic carbocycles. The summed E-state index contributed by atoms with van der Waals surface area (Å²) in [7, 11) is 0. The summed E-state index contributed by atoms with van der Waals surface area (Å²) in [6.45, 7) is 0. The quantitative estimate of drug-likeness (QED) is 0.585. The van der Waals surface area contributed by atoms with Crippen molar-refractivity contribution in [2.45, 2.75) is 0 Å². The predicted octanol–water partition coefficient (Wildman–Crippen LogP) is 2.06. The topological polar surface area (TPSA) is 108 Å². The van der Waals surface area contributed by atoms with E-state index < -0.39 is 17.1 Å². The fourth-order valence-electron chi connectivity index (χ4n) is 2.11. The Hall–Kier alpha value is -3.02. The monoisotopic (exact) mass is 272 g/mol. The molecule has 1 heterocycles. The summed E-state index contributed by atoms with van der Waals surface area (Å²) in [4.78, 5) is 23.2. The van der Waals surface area contributed by atoms with Crippen LogP contribution in [0.3, 0.4) is 0 Å². The van der Waals surface area contributed by atoms with E-state index in [0.717, 1.165) is 12.1 Å². The highest BCUT2D eigenvalue weighted by Gasteiger charge is 2.17. The van der Waals surface area contributed by atoms with E-state index in [4.69, 9.17) is 9.52 Å². The number of carbonyl (C=O) groups is 1. The van der Waals surface area contributed by atoms with Gasteiger partial charge >= 0.3 is 5.97 Å². The molecule has 0 atom stereocenters. The van der Waals surface area contributed by atoms with Crippen LogP contribution in [0.5, 0.6) is 11.5 Å². The van der Waals surface area contributed by atoms with Gasteiger partial charge < -0.3 is 19.7 Å². The molecule has 0 aliphatic rings. The summed E-state index contributed by atoms with van der Waals surface area (Å²) in [6.07, 6.45) is 0. The van der Waals surface area contributed by atoms with E-state index in [2.05, 4.69) is 0 Å². The molecule has 6 nitrogen and oxygen atoms in total. The van der Waals surface area contributed by atoms with Crippen molar-refractivity contribution >= 4 is 27.9 Å². The average molecular weight is 272 g/mol. The van der Waals surface area contributed by atoms with Gasteiger partial charge in [-0.2, -0.15) is 0 Å². The number of aromatic hydroxyl groups is 2. The molecule has 100 valence electrons. The first-order valence-electron chi connectivity index (χ1n) is 5.64. The molecule has 20 heavy (non-hydrogen) atoms. The first-order chi connectivity index (χ1) is 9.49. The number of hydrogen-bond acceptors (Lipinski definition) is 5. The molecule has 0 aliphatic heterocycles. The lowest BCUT2D eigenvalue weighted by molar-refractivity contribution is 0.0696. The van der Waals surface area contributed by atoms with Gasteiger partial charge in [-0.25, -0.2) is 4.79 Å². The van der Waals surface area contributed by atoms with Crippen molar-refractivity contribution in [3.05, 3.63) is 46.1 Å². The van der Waals surface area contributed by atoms with Crippen LogP contribution in [0.1, 0.15) is 10.4 Å². The second-order valence-corrected chi connectivity index (χ2v) is 4.26. The van der Waals surface area contributed by atoms with Gasteiger partial charge in [0, 0.05) is 0 Å². The number of phenolic OH excluding ortho intramolecular Hbond substituents is 2. The summed E-state index contributed by atoms with van der Waals surface area (Å²) in [5.74, 6) is -2.01. The zero-order valence-electron chi connectivity index (χ0n) is 9.95. The lowest BCUT2D eigenvalue weighted by Gasteiger charge is -2.05. The van der Waals surface area contributed by atoms with Crippen LogP contribution in [0.2, 0.25) is 0 Å². The van der Waals surface area contributed by atoms with Crippen LogP contribution in [-0.2, 0) is 0 Å². The smallest absolute Gasteiger partial charge is 0.335 e. The van der Waals surface area contributed by atoms with Gasteiger partial charge in [-0.15, -0.1) is 0 Å². The van der Waals surface area contributed by atoms with Gasteiger partial charge in [0.15, 0.2) is 0 Å². The summed E-state index contributed by atoms with van der Waals surface area (Å²) < 4.78 is 5.40. The van der Waals surface area contributed by atoms with Crippen LogP contribution in [0, 0.1) is 0 Å². The predicted molar refractivity (Wildman–Crippen MR) is 70.3 cm³/mol. The fourth-order valence-corrected chi connectivity index (χ4v) is 2.11. The van der Waals surface area contributed by atoms with Crippen LogP contribution < -0.4 is 5.43 Å². The van der Waals surface area contributed by atoms with Gasteiger partial charge in [0.05, 0.1) is 5.56 Å². The third-order valence-corrected chi connectivity index (χ3v) is 3.01. The maximum Gasteiger partial charge on any atom is 0.335 e. The molecule has 3 N–H and O–H groups in total. The van der Waals surface area contributed by atoms with Gasteiger partial charge in [0.2, 0.25) is 5.43 Å². The molecule has 1 aromatic heterocycles. The number of hydrogen-bond donors (Lipinski definition) is 3. The largest absolute Gasteiger partial charge is 0.507 e. The Morgan fingerprint density at radius 2 is 1.70 bits per heavy atom. The maximum absolute atomic E-state index is 12.3. The SMILES string of the molecule is O=C(O)c1cc(O)c2c(=O)c3c(O)cccc3oc2c1. The lowest BCUT2D eigenvalue weighted by Crippen LogP contribution is -2.04. The number of aromatic carboxylic acids is 1. The molecule has 6 heteroatoms. The molecule has 0 radical (unpaired) electrons. The first kappa shape index (κ1) is 12.0. The van der Waals surface area contributed by atoms with Crippen molar-refractivity contribution in [1.29, 1.82) is 0 Å². The number of rotatable bonds is 1. The Bertz CT molecular complexity index is 922. The third-order valence-electron chi connectivity index (χ3n) is 3.01. The summed E-state index contributed by atoms with van der Waals surface area (Å²) in [5.41, 5.74) is -0.749. The average Bonchev–Trinajstić information content (AvgIpc) is 2.37. The zero-order chi connectivity index (χ0) is 14.4. The molecule has 0 saturated carbocycles. The number of fused-ring (bicyclic) bond motifs is 2. The molecule has 0 bridgehead atoms. The van der Waals surface area contributed by atoms with E-state index in [9.17, 15) is 19.8 Å². The van der Waals surface area contributed by atoms with Crippen molar-refractivity contribution in [2.75, 3.05) is 0 Å². The highest BCUT2D eigenvalue weighted by molar-refractivity contribution is 5.99. The van der Waals surface area contributed by atoms with Gasteiger partial charge in [-0.3, -0.25) is 4.79 Å². The molecule has 0 amide bonds. The van der Waals surface area contributed by atoms with Crippen LogP contribution in [0.4, 0.5) is 0 Å². The Morgan fingerprint density at radius 3 is 2.40 bits per heavy atom. The van der Waals surface area contributed by atoms with Crippen molar-refractivity contribution in [2.24, 2.45) is 0 Å². The minimum absolute atomic E-state index is 0.0505. The second kappa shape index (κ2) is 3.99. The maximum atomic E-state index is 12.3. The van der Waals surface area contributed by atoms with E-state index in [1.165, 1.54) is 18.2 Å². The number of phenols is 2. The van der Waals surface area contributed by atoms with E-state index >= 15 is 0 Å². The van der Waals surface area contributed by atoms with Crippen LogP contribution in [-0.4, -0.2) is 21.3 Å². The van der Waals surface area contributed by atoms with Crippen LogP contribution >= 0.6 is 0 Å². The van der Waals surface area contributed by atoms with E-state index in [-0.39, 0.29) is 33.3 Å². The van der Waals surface area contributed by atoms with Crippen LogP contribution in [0.15, 0.2) is 39.5 Å². The van der Waals surface area contributed by atoms with Gasteiger partial charge in [-0.1, -0.05) is 6.07 Å². The Balaban J connectivity index is 2.57. The van der Waals surface area contributed by atoms with E-state index in [1.807, 2.05) is 0 Å². The van der Waals surface area contributed by atoms with E-state index in [1.54, 1.807) is 0 Å². The number of benzene rings is 2. The normalized spacial score (nSPS) is 11.0. The molecule has 0 unspecified atom stereocenters. The molecule has 3 rings (SSSR count). The van der Waals surface area contributed by atoms with Crippen molar-refractivity contribution < 1.29 is 24.5 Å². The van der Waals surface area contributed by atoms with Crippen LogP contribution in [0.25, 0.3) is 21.9 Å². The van der Waals surface area contributed by atoms with Gasteiger partial charge in [0.1, 0.15) is 33.4 Å². The fraction of sp³-hybridized carbons (Fsp3) is 0. The van der Waals surface area contributed by atoms with Crippen molar-refractivity contribution in [3.63, 3.8) is 0 Å². The molecular weight excluding hydrogens is 264 g/mol. The standard InChI is InChI=1S/C14H8O6/c15-7-2-1-3-9-11(7)13(17)12-8(16)4-6(14(18)19)5-10(12)20-9/h1-5,15-16H,(H,18,19). The molecule has 0 saturated heterocycles. The van der Waals surface area contributed by atoms with Gasteiger partial charge in [0.25, 0.3) is 0 Å². The second-order valence-electron chi connectivity index (χ2n) is 4.26. The molecule has 2 aromatic carbocycles. The Kier molecular flexibility index (Phi) is 2.40. The highest BCUT2D eigenvalue weighted by atomic mass is 16.4. The molecular formula is C14H8O6. The molecule has 0 fully saturated rings. The Morgan fingerprint density at radius 1 is 1.00 bits per heavy atom. The van der Waals surface area contributed by atoms with E-state index in [0.29, 0.717) is 0 Å². The first-order valence-corrected chi connectivity index (χ1v) is 5.64. The highest BCUT2D eigenvalue weighted by Crippen LogP contribution is 2.30. The third kappa shape index (κ3) is 1.58. The summed E-state index contributed by atoms with van der Waals surface area (Å²) in [6, 6.07) is 6.41. The number of carboxylic acid groups (broad SMARTS) is 1. The molecule has 0 spiro atoms.